The lowest BCUT2D eigenvalue weighted by Crippen LogP contribution is -2.56. The van der Waals surface area contributed by atoms with E-state index in [1.807, 2.05) is 4.90 Å². The van der Waals surface area contributed by atoms with Gasteiger partial charge in [0.25, 0.3) is 0 Å². The number of rotatable bonds is 7. The van der Waals surface area contributed by atoms with Crippen LogP contribution in [0, 0.1) is 24.1 Å². The Labute approximate surface area is 265 Å². The Kier molecular flexibility index (Phi) is 6.98. The summed E-state index contributed by atoms with van der Waals surface area (Å²) >= 11 is 0. The van der Waals surface area contributed by atoms with E-state index in [-0.39, 0.29) is 42.3 Å². The number of piperazine rings is 1. The van der Waals surface area contributed by atoms with Crippen LogP contribution >= 0.6 is 0 Å². The van der Waals surface area contributed by atoms with Gasteiger partial charge >= 0.3 is 6.01 Å². The molecular formula is C35H35F3N6O2. The molecule has 0 spiro atoms. The Hall–Kier alpha value is -4.17. The largest absolute Gasteiger partial charge is 0.461 e. The maximum atomic E-state index is 16.8. The van der Waals surface area contributed by atoms with Gasteiger partial charge in [0.2, 0.25) is 12.5 Å². The summed E-state index contributed by atoms with van der Waals surface area (Å²) in [5, 5.41) is 0.477. The highest BCUT2D eigenvalue weighted by molar-refractivity contribution is 5.94. The highest BCUT2D eigenvalue weighted by atomic mass is 19.1. The van der Waals surface area contributed by atoms with Crippen LogP contribution in [0.3, 0.4) is 0 Å². The van der Waals surface area contributed by atoms with E-state index in [0.717, 1.165) is 43.4 Å². The molecule has 1 aromatic heterocycles. The minimum Gasteiger partial charge on any atom is -0.461 e. The van der Waals surface area contributed by atoms with Crippen LogP contribution in [0.25, 0.3) is 26.9 Å². The molecule has 0 N–H and O–H groups in total. The van der Waals surface area contributed by atoms with Crippen molar-refractivity contribution in [1.29, 1.82) is 0 Å². The van der Waals surface area contributed by atoms with E-state index in [4.69, 9.17) is 16.3 Å². The number of fused-ring (bicyclic) bond motifs is 5. The molecule has 8 rings (SSSR count). The number of nitrogens with zero attached hydrogens (tertiary/aromatic N) is 6. The van der Waals surface area contributed by atoms with Gasteiger partial charge < -0.3 is 19.4 Å². The number of aromatic nitrogens is 2. The first-order chi connectivity index (χ1) is 22.3. The lowest BCUT2D eigenvalue weighted by Gasteiger charge is -2.39. The van der Waals surface area contributed by atoms with Gasteiger partial charge in [-0.2, -0.15) is 9.97 Å². The molecule has 3 aliphatic heterocycles. The van der Waals surface area contributed by atoms with Gasteiger partial charge in [-0.05, 0) is 79.0 Å². The van der Waals surface area contributed by atoms with Crippen molar-refractivity contribution in [2.24, 2.45) is 5.92 Å². The molecule has 1 amide bonds. The standard InChI is InChI=1S/C35H35F3N6O2/c1-3-29(45)44-12-11-42(18-22(44)16-39-2)33-25-6-5-24(23-7-8-28(37)30-26-13-20(26)14-27(23)30)31(38)32(25)40-34(41-33)46-19-35-9-4-10-43(35)17-21(36)15-35/h3,5-8,20-22,26H,1,4,9-19H2/t20?,21-,22+,26?,35+/m1/s1. The van der Waals surface area contributed by atoms with E-state index < -0.39 is 23.6 Å². The van der Waals surface area contributed by atoms with Crippen molar-refractivity contribution in [3.05, 3.63) is 71.1 Å². The van der Waals surface area contributed by atoms with Crippen molar-refractivity contribution >= 4 is 22.6 Å². The third kappa shape index (κ3) is 4.63. The minimum absolute atomic E-state index is 0.000936. The summed E-state index contributed by atoms with van der Waals surface area (Å²) in [6, 6.07) is 6.20. The summed E-state index contributed by atoms with van der Waals surface area (Å²) in [6.07, 6.45) is 4.18. The fourth-order valence-electron chi connectivity index (χ4n) is 8.60. The second kappa shape index (κ2) is 11.0. The summed E-state index contributed by atoms with van der Waals surface area (Å²) in [4.78, 5) is 31.3. The number of amides is 1. The number of hydrogen-bond acceptors (Lipinski definition) is 6. The lowest BCUT2D eigenvalue weighted by atomic mass is 9.93. The van der Waals surface area contributed by atoms with Gasteiger partial charge in [0.05, 0.1) is 5.54 Å². The monoisotopic (exact) mass is 628 g/mol. The van der Waals surface area contributed by atoms with Crippen molar-refractivity contribution in [3.8, 4) is 17.1 Å². The van der Waals surface area contributed by atoms with E-state index >= 15 is 4.39 Å². The molecule has 238 valence electrons. The molecule has 3 saturated heterocycles. The third-order valence-corrected chi connectivity index (χ3v) is 10.9. The van der Waals surface area contributed by atoms with Crippen molar-refractivity contribution in [1.82, 2.24) is 19.8 Å². The number of benzene rings is 2. The van der Waals surface area contributed by atoms with Crippen molar-refractivity contribution < 1.29 is 22.7 Å². The Morgan fingerprint density at radius 2 is 2.00 bits per heavy atom. The zero-order valence-electron chi connectivity index (χ0n) is 25.5. The van der Waals surface area contributed by atoms with E-state index in [0.29, 0.717) is 60.8 Å². The van der Waals surface area contributed by atoms with Crippen LogP contribution in [-0.4, -0.2) is 89.3 Å². The summed E-state index contributed by atoms with van der Waals surface area (Å²) < 4.78 is 52.3. The highest BCUT2D eigenvalue weighted by Crippen LogP contribution is 2.58. The van der Waals surface area contributed by atoms with Gasteiger partial charge in [-0.15, -0.1) is 0 Å². The number of alkyl halides is 1. The molecule has 11 heteroatoms. The molecule has 1 saturated carbocycles. The number of anilines is 1. The van der Waals surface area contributed by atoms with Crippen molar-refractivity contribution in [2.45, 2.75) is 55.8 Å². The molecule has 5 atom stereocenters. The third-order valence-electron chi connectivity index (χ3n) is 10.9. The Bertz CT molecular complexity index is 1810. The van der Waals surface area contributed by atoms with E-state index in [1.54, 1.807) is 23.1 Å². The van der Waals surface area contributed by atoms with Crippen molar-refractivity contribution in [3.63, 3.8) is 0 Å². The smallest absolute Gasteiger partial charge is 0.319 e. The molecule has 0 bridgehead atoms. The molecule has 0 radical (unpaired) electrons. The maximum absolute atomic E-state index is 16.8. The Morgan fingerprint density at radius 1 is 1.15 bits per heavy atom. The van der Waals surface area contributed by atoms with Crippen LogP contribution < -0.4 is 9.64 Å². The average molecular weight is 629 g/mol. The topological polar surface area (TPSA) is 66.2 Å². The number of hydrogen-bond donors (Lipinski definition) is 0. The van der Waals surface area contributed by atoms with Crippen LogP contribution in [0.5, 0.6) is 6.01 Å². The first-order valence-electron chi connectivity index (χ1n) is 16.1. The van der Waals surface area contributed by atoms with Crippen LogP contribution in [0.2, 0.25) is 0 Å². The van der Waals surface area contributed by atoms with E-state index in [2.05, 4.69) is 21.3 Å². The molecule has 5 aliphatic rings. The van der Waals surface area contributed by atoms with Crippen molar-refractivity contribution in [2.75, 3.05) is 50.8 Å². The van der Waals surface area contributed by atoms with E-state index in [1.165, 1.54) is 12.1 Å². The second-order valence-corrected chi connectivity index (χ2v) is 13.5. The maximum Gasteiger partial charge on any atom is 0.319 e. The van der Waals surface area contributed by atoms with Gasteiger partial charge in [-0.3, -0.25) is 9.69 Å². The Morgan fingerprint density at radius 3 is 2.83 bits per heavy atom. The summed E-state index contributed by atoms with van der Waals surface area (Å²) in [5.74, 6) is 0.0870. The second-order valence-electron chi connectivity index (χ2n) is 13.5. The first-order valence-corrected chi connectivity index (χ1v) is 16.1. The molecule has 3 aromatic rings. The normalized spacial score (nSPS) is 28.1. The van der Waals surface area contributed by atoms with Gasteiger partial charge in [0.15, 0.2) is 5.82 Å². The molecule has 2 unspecified atom stereocenters. The molecular weight excluding hydrogens is 593 g/mol. The quantitative estimate of drug-likeness (QED) is 0.261. The highest BCUT2D eigenvalue weighted by Gasteiger charge is 2.50. The molecule has 8 nitrogen and oxygen atoms in total. The zero-order chi connectivity index (χ0) is 31.7. The molecule has 2 aliphatic carbocycles. The fourth-order valence-corrected chi connectivity index (χ4v) is 8.60. The summed E-state index contributed by atoms with van der Waals surface area (Å²) in [7, 11) is 0. The first kappa shape index (κ1) is 29.2. The SMILES string of the molecule is [C-]#[N+]C[C@H]1CN(c2nc(OC[C@@]34CCCN3C[C@H](F)C4)nc3c(F)c(-c4ccc(F)c5c4CC4CC54)ccc23)CCN1C(=O)C=C. The summed E-state index contributed by atoms with van der Waals surface area (Å²) in [6.45, 7) is 13.6. The van der Waals surface area contributed by atoms with Crippen LogP contribution in [0.1, 0.15) is 42.7 Å². The van der Waals surface area contributed by atoms with Crippen LogP contribution in [0.15, 0.2) is 36.9 Å². The Balaban J connectivity index is 1.21. The number of ether oxygens (including phenoxy) is 1. The number of halogens is 3. The predicted molar refractivity (Wildman–Crippen MR) is 167 cm³/mol. The van der Waals surface area contributed by atoms with Crippen LogP contribution in [0.4, 0.5) is 19.0 Å². The van der Waals surface area contributed by atoms with Gasteiger partial charge in [0, 0.05) is 43.5 Å². The van der Waals surface area contributed by atoms with E-state index in [9.17, 15) is 13.6 Å². The fraction of sp³-hybridized carbons (Fsp3) is 0.486. The van der Waals surface area contributed by atoms with Gasteiger partial charge in [-0.1, -0.05) is 18.7 Å². The van der Waals surface area contributed by atoms with Gasteiger partial charge in [-0.25, -0.2) is 19.7 Å². The van der Waals surface area contributed by atoms with Gasteiger partial charge in [0.1, 0.15) is 36.0 Å². The lowest BCUT2D eigenvalue weighted by molar-refractivity contribution is -0.128. The number of carbonyl (C=O) groups excluding carboxylic acids is 1. The molecule has 4 fully saturated rings. The molecule has 4 heterocycles. The zero-order valence-corrected chi connectivity index (χ0v) is 25.5. The average Bonchev–Trinajstić information content (AvgIpc) is 3.36. The predicted octanol–water partition coefficient (Wildman–Crippen LogP) is 5.31. The van der Waals surface area contributed by atoms with Crippen LogP contribution in [-0.2, 0) is 11.2 Å². The number of carbonyl (C=O) groups is 1. The molecule has 46 heavy (non-hydrogen) atoms. The summed E-state index contributed by atoms with van der Waals surface area (Å²) in [5.41, 5.74) is 2.27. The molecule has 2 aromatic carbocycles. The minimum atomic E-state index is -0.922.